The normalized spacial score (nSPS) is 19.2. The maximum Gasteiger partial charge on any atom is -0.147 e. The van der Waals surface area contributed by atoms with Gasteiger partial charge in [-0.25, -0.2) is 0 Å². The van der Waals surface area contributed by atoms with E-state index < -0.39 is 20.0 Å². The van der Waals surface area contributed by atoms with Gasteiger partial charge in [0, 0.05) is 0 Å². The molecule has 0 amide bonds. The topological polar surface area (TPSA) is 18.5 Å². The van der Waals surface area contributed by atoms with Crippen molar-refractivity contribution in [3.05, 3.63) is 118 Å². The number of allylic oxidation sites excluding steroid dienone is 2. The maximum absolute atomic E-state index is 5.43. The third-order valence-electron chi connectivity index (χ3n) is 9.79. The zero-order chi connectivity index (χ0) is 27.4. The standard InChI is InChI=1S/2C17H15O.C3H6.2ClH.Hf/c2*1-12-10-14-4-3-5-16(17(14)11-12)13-6-8-15(18-2)9-7-13;1-3-2;;;/h2*3-11H,1-2H3;1-3H2;2*1H;. The van der Waals surface area contributed by atoms with Gasteiger partial charge in [0.1, 0.15) is 0 Å². The van der Waals surface area contributed by atoms with Crippen LogP contribution in [0.25, 0.3) is 34.4 Å². The minimum absolute atomic E-state index is 0. The number of fused-ring (bicyclic) bond motifs is 2. The number of hydrogen-bond donors (Lipinski definition) is 0. The van der Waals surface area contributed by atoms with Gasteiger partial charge in [0.15, 0.2) is 0 Å². The summed E-state index contributed by atoms with van der Waals surface area (Å²) in [6.45, 7) is 4.84. The first-order valence-electron chi connectivity index (χ1n) is 14.4. The Bertz CT molecular complexity index is 1550. The minimum Gasteiger partial charge on any atom is -0.147 e. The molecule has 7 rings (SSSR count). The molecule has 1 saturated heterocycles. The van der Waals surface area contributed by atoms with Gasteiger partial charge in [-0.1, -0.05) is 0 Å². The second kappa shape index (κ2) is 12.2. The maximum atomic E-state index is 5.43. The monoisotopic (exact) mass is 764 g/mol. The van der Waals surface area contributed by atoms with Crippen LogP contribution in [0, 0.1) is 0 Å². The van der Waals surface area contributed by atoms with Gasteiger partial charge < -0.3 is 0 Å². The molecule has 0 bridgehead atoms. The fraction of sp³-hybridized carbons (Fsp3) is 0.243. The molecule has 4 aromatic rings. The van der Waals surface area contributed by atoms with Crippen molar-refractivity contribution in [3.8, 4) is 33.8 Å². The Balaban J connectivity index is 0.00000176. The van der Waals surface area contributed by atoms with Gasteiger partial charge in [0.05, 0.1) is 0 Å². The summed E-state index contributed by atoms with van der Waals surface area (Å²) in [6.07, 6.45) is 6.46. The molecule has 0 saturated carbocycles. The van der Waals surface area contributed by atoms with E-state index in [0.29, 0.717) is 7.35 Å². The smallest absolute Gasteiger partial charge is 0.147 e. The van der Waals surface area contributed by atoms with Gasteiger partial charge in [0.25, 0.3) is 0 Å². The second-order valence-corrected chi connectivity index (χ2v) is 28.4. The van der Waals surface area contributed by atoms with Crippen molar-refractivity contribution in [2.45, 2.75) is 36.0 Å². The summed E-state index contributed by atoms with van der Waals surface area (Å²) in [5.41, 5.74) is 14.5. The SMILES string of the molecule is COc1ccc(-c2cccc3c2C=C(C)[CH]3[Hf]2([CH]3C(C)=Cc4c(-c5ccc(OC)cc5)cccc43)[CH2]C[CH2]2)cc1.Cl.Cl. The Kier molecular flexibility index (Phi) is 8.95. The number of ether oxygens (including phenoxy) is 2. The van der Waals surface area contributed by atoms with E-state index in [-0.39, 0.29) is 24.8 Å². The van der Waals surface area contributed by atoms with E-state index in [1.807, 2.05) is 0 Å². The van der Waals surface area contributed by atoms with E-state index in [0.717, 1.165) is 11.5 Å². The number of benzene rings is 4. The molecule has 0 spiro atoms. The molecular formula is C37H38Cl2HfO2. The zero-order valence-electron chi connectivity index (χ0n) is 24.6. The number of halogens is 2. The van der Waals surface area contributed by atoms with Crippen molar-refractivity contribution in [2.24, 2.45) is 0 Å². The fourth-order valence-corrected chi connectivity index (χ4v) is 30.9. The first-order chi connectivity index (χ1) is 19.5. The molecule has 1 fully saturated rings. The molecule has 3 aliphatic rings. The third-order valence-corrected chi connectivity index (χ3v) is 32.8. The van der Waals surface area contributed by atoms with Crippen LogP contribution < -0.4 is 9.47 Å². The zero-order valence-corrected chi connectivity index (χ0v) is 29.9. The fourth-order valence-electron chi connectivity index (χ4n) is 8.00. The minimum atomic E-state index is -2.94. The molecule has 216 valence electrons. The largest absolute Gasteiger partial charge is 0.147 e. The van der Waals surface area contributed by atoms with Gasteiger partial charge in [-0.3, -0.25) is 0 Å². The number of rotatable bonds is 6. The second-order valence-electron chi connectivity index (χ2n) is 11.8. The van der Waals surface area contributed by atoms with Crippen LogP contribution in [-0.4, -0.2) is 14.2 Å². The van der Waals surface area contributed by atoms with Crippen molar-refractivity contribution >= 4 is 37.0 Å². The van der Waals surface area contributed by atoms with Gasteiger partial charge in [0.2, 0.25) is 0 Å². The molecular weight excluding hydrogens is 726 g/mol. The van der Waals surface area contributed by atoms with Gasteiger partial charge in [-0.05, 0) is 0 Å². The third kappa shape index (κ3) is 4.82. The summed E-state index contributed by atoms with van der Waals surface area (Å²) in [7, 11) is 3.46. The van der Waals surface area contributed by atoms with Crippen LogP contribution in [0.15, 0.2) is 96.1 Å². The molecule has 2 unspecified atom stereocenters. The van der Waals surface area contributed by atoms with Crippen molar-refractivity contribution in [2.75, 3.05) is 14.2 Å². The molecule has 1 heterocycles. The van der Waals surface area contributed by atoms with E-state index in [2.05, 4.69) is 111 Å². The van der Waals surface area contributed by atoms with Crippen molar-refractivity contribution in [1.82, 2.24) is 0 Å². The van der Waals surface area contributed by atoms with Crippen LogP contribution in [0.5, 0.6) is 11.5 Å². The Labute approximate surface area is 267 Å². The first-order valence-corrected chi connectivity index (χ1v) is 23.7. The van der Waals surface area contributed by atoms with Crippen LogP contribution in [0.4, 0.5) is 0 Å². The molecule has 0 aromatic heterocycles. The van der Waals surface area contributed by atoms with Crippen molar-refractivity contribution < 1.29 is 29.4 Å². The quantitative estimate of drug-likeness (QED) is 0.182. The summed E-state index contributed by atoms with van der Waals surface area (Å²) >= 11 is -2.94. The van der Waals surface area contributed by atoms with E-state index in [1.54, 1.807) is 36.5 Å². The average Bonchev–Trinajstić information content (AvgIpc) is 3.49. The summed E-state index contributed by atoms with van der Waals surface area (Å²) in [5.74, 6) is 1.81. The molecule has 42 heavy (non-hydrogen) atoms. The average molecular weight is 764 g/mol. The number of hydrogen-bond acceptors (Lipinski definition) is 2. The molecule has 0 radical (unpaired) electrons. The Morgan fingerprint density at radius 2 is 0.976 bits per heavy atom. The summed E-state index contributed by atoms with van der Waals surface area (Å²) in [4.78, 5) is 0. The van der Waals surface area contributed by atoms with E-state index in [9.17, 15) is 0 Å². The van der Waals surface area contributed by atoms with E-state index >= 15 is 0 Å². The molecule has 2 nitrogen and oxygen atoms in total. The predicted octanol–water partition coefficient (Wildman–Crippen LogP) is 10.9. The molecule has 4 aromatic carbocycles. The van der Waals surface area contributed by atoms with Gasteiger partial charge in [-0.2, -0.15) is 0 Å². The van der Waals surface area contributed by atoms with E-state index in [4.69, 9.17) is 9.47 Å². The molecule has 5 heteroatoms. The van der Waals surface area contributed by atoms with Crippen LogP contribution in [0.2, 0.25) is 8.35 Å². The van der Waals surface area contributed by atoms with Gasteiger partial charge >= 0.3 is 244 Å². The van der Waals surface area contributed by atoms with Gasteiger partial charge in [-0.15, -0.1) is 24.8 Å². The predicted molar refractivity (Wildman–Crippen MR) is 178 cm³/mol. The van der Waals surface area contributed by atoms with Crippen molar-refractivity contribution in [3.63, 3.8) is 0 Å². The van der Waals surface area contributed by atoms with Crippen LogP contribution in [0.1, 0.15) is 49.9 Å². The summed E-state index contributed by atoms with van der Waals surface area (Å²) < 4.78 is 15.1. The molecule has 2 aliphatic carbocycles. The van der Waals surface area contributed by atoms with Crippen LogP contribution in [0.3, 0.4) is 0 Å². The van der Waals surface area contributed by atoms with Crippen molar-refractivity contribution in [1.29, 1.82) is 0 Å². The molecule has 2 atom stereocenters. The molecule has 1 aliphatic heterocycles. The summed E-state index contributed by atoms with van der Waals surface area (Å²) in [5, 5.41) is 0. The van der Waals surface area contributed by atoms with Crippen LogP contribution in [-0.2, 0) is 20.0 Å². The number of methoxy groups -OCH3 is 2. The Morgan fingerprint density at radius 1 is 0.571 bits per heavy atom. The van der Waals surface area contributed by atoms with E-state index in [1.165, 1.54) is 48.2 Å². The van der Waals surface area contributed by atoms with Crippen LogP contribution >= 0.6 is 24.8 Å². The Morgan fingerprint density at radius 3 is 1.31 bits per heavy atom. The first kappa shape index (κ1) is 30.9. The summed E-state index contributed by atoms with van der Waals surface area (Å²) in [6, 6.07) is 31.2. The Hall–Kier alpha value is -2.59. The molecule has 0 N–H and O–H groups in total.